The summed E-state index contributed by atoms with van der Waals surface area (Å²) in [6, 6.07) is 0. The van der Waals surface area contributed by atoms with Crippen LogP contribution in [0.4, 0.5) is 0 Å². The number of hydrogen-bond acceptors (Lipinski definition) is 3. The van der Waals surface area contributed by atoms with Crippen LogP contribution in [0.2, 0.25) is 0 Å². The third kappa shape index (κ3) is 7.54. The second-order valence-corrected chi connectivity index (χ2v) is 4.88. The smallest absolute Gasteiger partial charge is 0.0863 e. The second-order valence-electron chi connectivity index (χ2n) is 4.88. The predicted octanol–water partition coefficient (Wildman–Crippen LogP) is 2.15. The molecule has 0 atom stereocenters. The summed E-state index contributed by atoms with van der Waals surface area (Å²) in [4.78, 5) is 0. The monoisotopic (exact) mass is 216 g/mol. The SMILES string of the molecule is C=CCOC(C)(C)COC(C)(C)CCO. The van der Waals surface area contributed by atoms with Crippen LogP contribution in [0.5, 0.6) is 0 Å². The number of aliphatic hydroxyl groups is 1. The fraction of sp³-hybridized carbons (Fsp3) is 0.833. The van der Waals surface area contributed by atoms with E-state index in [0.717, 1.165) is 0 Å². The highest BCUT2D eigenvalue weighted by molar-refractivity contribution is 4.76. The van der Waals surface area contributed by atoms with Crippen molar-refractivity contribution in [2.24, 2.45) is 0 Å². The highest BCUT2D eigenvalue weighted by Gasteiger charge is 2.24. The molecule has 0 unspecified atom stereocenters. The average molecular weight is 216 g/mol. The maximum Gasteiger partial charge on any atom is 0.0863 e. The van der Waals surface area contributed by atoms with Gasteiger partial charge >= 0.3 is 0 Å². The van der Waals surface area contributed by atoms with E-state index in [1.54, 1.807) is 6.08 Å². The summed E-state index contributed by atoms with van der Waals surface area (Å²) < 4.78 is 11.3. The van der Waals surface area contributed by atoms with Gasteiger partial charge in [0.05, 0.1) is 24.4 Å². The van der Waals surface area contributed by atoms with E-state index < -0.39 is 0 Å². The van der Waals surface area contributed by atoms with E-state index in [4.69, 9.17) is 14.6 Å². The first-order valence-corrected chi connectivity index (χ1v) is 5.33. The van der Waals surface area contributed by atoms with Crippen molar-refractivity contribution in [3.63, 3.8) is 0 Å². The van der Waals surface area contributed by atoms with Gasteiger partial charge in [0.25, 0.3) is 0 Å². The topological polar surface area (TPSA) is 38.7 Å². The average Bonchev–Trinajstić information content (AvgIpc) is 2.12. The molecular formula is C12H24O3. The molecule has 0 aliphatic rings. The Morgan fingerprint density at radius 3 is 2.20 bits per heavy atom. The van der Waals surface area contributed by atoms with Crippen LogP contribution < -0.4 is 0 Å². The summed E-state index contributed by atoms with van der Waals surface area (Å²) in [7, 11) is 0. The summed E-state index contributed by atoms with van der Waals surface area (Å²) in [5.74, 6) is 0. The molecule has 0 aliphatic carbocycles. The van der Waals surface area contributed by atoms with Gasteiger partial charge in [-0.1, -0.05) is 6.08 Å². The van der Waals surface area contributed by atoms with E-state index >= 15 is 0 Å². The lowest BCUT2D eigenvalue weighted by molar-refractivity contribution is -0.119. The molecule has 0 heterocycles. The zero-order valence-electron chi connectivity index (χ0n) is 10.4. The maximum atomic E-state index is 8.85. The predicted molar refractivity (Wildman–Crippen MR) is 62.0 cm³/mol. The van der Waals surface area contributed by atoms with E-state index in [1.165, 1.54) is 0 Å². The third-order valence-corrected chi connectivity index (χ3v) is 2.12. The molecule has 0 fully saturated rings. The molecule has 0 aromatic carbocycles. The molecule has 0 radical (unpaired) electrons. The van der Waals surface area contributed by atoms with Gasteiger partial charge in [-0.15, -0.1) is 6.58 Å². The van der Waals surface area contributed by atoms with Gasteiger partial charge in [-0.3, -0.25) is 0 Å². The van der Waals surface area contributed by atoms with E-state index in [0.29, 0.717) is 19.6 Å². The number of hydrogen-bond donors (Lipinski definition) is 1. The van der Waals surface area contributed by atoms with Gasteiger partial charge in [0.2, 0.25) is 0 Å². The molecule has 0 saturated carbocycles. The second kappa shape index (κ2) is 6.26. The van der Waals surface area contributed by atoms with Gasteiger partial charge in [0.1, 0.15) is 0 Å². The Kier molecular flexibility index (Phi) is 6.10. The molecule has 90 valence electrons. The van der Waals surface area contributed by atoms with Crippen LogP contribution in [0.1, 0.15) is 34.1 Å². The van der Waals surface area contributed by atoms with Crippen LogP contribution in [0.15, 0.2) is 12.7 Å². The Labute approximate surface area is 93.1 Å². The summed E-state index contributed by atoms with van der Waals surface area (Å²) in [5, 5.41) is 8.85. The molecule has 0 rings (SSSR count). The molecule has 0 aliphatic heterocycles. The number of rotatable bonds is 8. The molecule has 0 amide bonds. The zero-order chi connectivity index (χ0) is 11.9. The molecule has 3 heteroatoms. The van der Waals surface area contributed by atoms with Crippen LogP contribution >= 0.6 is 0 Å². The molecule has 0 aromatic heterocycles. The van der Waals surface area contributed by atoms with Crippen molar-refractivity contribution in [1.82, 2.24) is 0 Å². The summed E-state index contributed by atoms with van der Waals surface area (Å²) in [5.41, 5.74) is -0.621. The first kappa shape index (κ1) is 14.6. The van der Waals surface area contributed by atoms with Gasteiger partial charge in [0.15, 0.2) is 0 Å². The van der Waals surface area contributed by atoms with Crippen molar-refractivity contribution in [1.29, 1.82) is 0 Å². The molecular weight excluding hydrogens is 192 g/mol. The van der Waals surface area contributed by atoms with Crippen molar-refractivity contribution in [3.05, 3.63) is 12.7 Å². The fourth-order valence-corrected chi connectivity index (χ4v) is 1.04. The van der Waals surface area contributed by atoms with Gasteiger partial charge in [-0.05, 0) is 34.1 Å². The first-order chi connectivity index (χ1) is 6.83. The van der Waals surface area contributed by atoms with E-state index in [9.17, 15) is 0 Å². The van der Waals surface area contributed by atoms with Crippen molar-refractivity contribution in [3.8, 4) is 0 Å². The van der Waals surface area contributed by atoms with Crippen LogP contribution in [-0.2, 0) is 9.47 Å². The molecule has 0 bridgehead atoms. The first-order valence-electron chi connectivity index (χ1n) is 5.33. The Bertz CT molecular complexity index is 185. The molecule has 0 saturated heterocycles. The van der Waals surface area contributed by atoms with E-state index in [-0.39, 0.29) is 17.8 Å². The van der Waals surface area contributed by atoms with Gasteiger partial charge < -0.3 is 14.6 Å². The van der Waals surface area contributed by atoms with E-state index in [2.05, 4.69) is 6.58 Å². The Morgan fingerprint density at radius 1 is 1.13 bits per heavy atom. The van der Waals surface area contributed by atoms with Gasteiger partial charge in [-0.2, -0.15) is 0 Å². The minimum atomic E-state index is -0.319. The maximum absolute atomic E-state index is 8.85. The fourth-order valence-electron chi connectivity index (χ4n) is 1.04. The van der Waals surface area contributed by atoms with Crippen molar-refractivity contribution in [2.75, 3.05) is 19.8 Å². The van der Waals surface area contributed by atoms with Gasteiger partial charge in [-0.25, -0.2) is 0 Å². The largest absolute Gasteiger partial charge is 0.396 e. The normalized spacial score (nSPS) is 12.9. The molecule has 15 heavy (non-hydrogen) atoms. The lowest BCUT2D eigenvalue weighted by Gasteiger charge is -2.31. The molecule has 0 aromatic rings. The van der Waals surface area contributed by atoms with Crippen LogP contribution in [0, 0.1) is 0 Å². The highest BCUT2D eigenvalue weighted by atomic mass is 16.6. The quantitative estimate of drug-likeness (QED) is 0.632. The van der Waals surface area contributed by atoms with E-state index in [1.807, 2.05) is 27.7 Å². The Hall–Kier alpha value is -0.380. The standard InChI is InChI=1S/C12H24O3/c1-6-9-14-12(4,5)10-15-11(2,3)7-8-13/h6,13H,1,7-10H2,2-5H3. The van der Waals surface area contributed by atoms with Crippen molar-refractivity contribution < 1.29 is 14.6 Å². The van der Waals surface area contributed by atoms with Crippen LogP contribution in [0.25, 0.3) is 0 Å². The molecule has 0 spiro atoms. The Morgan fingerprint density at radius 2 is 1.73 bits per heavy atom. The van der Waals surface area contributed by atoms with Crippen LogP contribution in [0.3, 0.4) is 0 Å². The van der Waals surface area contributed by atoms with Gasteiger partial charge in [0, 0.05) is 6.61 Å². The molecule has 3 nitrogen and oxygen atoms in total. The number of aliphatic hydroxyl groups excluding tert-OH is 1. The Balaban J connectivity index is 3.95. The minimum absolute atomic E-state index is 0.140. The lowest BCUT2D eigenvalue weighted by atomic mass is 10.1. The highest BCUT2D eigenvalue weighted by Crippen LogP contribution is 2.18. The summed E-state index contributed by atoms with van der Waals surface area (Å²) in [6.45, 7) is 12.7. The van der Waals surface area contributed by atoms with Crippen molar-refractivity contribution in [2.45, 2.75) is 45.3 Å². The lowest BCUT2D eigenvalue weighted by Crippen LogP contribution is -2.37. The zero-order valence-corrected chi connectivity index (χ0v) is 10.4. The summed E-state index contributed by atoms with van der Waals surface area (Å²) >= 11 is 0. The van der Waals surface area contributed by atoms with Crippen molar-refractivity contribution >= 4 is 0 Å². The van der Waals surface area contributed by atoms with Crippen LogP contribution in [-0.4, -0.2) is 36.1 Å². The summed E-state index contributed by atoms with van der Waals surface area (Å²) in [6.07, 6.45) is 2.35. The minimum Gasteiger partial charge on any atom is -0.396 e. The third-order valence-electron chi connectivity index (χ3n) is 2.12. The number of ether oxygens (including phenoxy) is 2. The molecule has 1 N–H and O–H groups in total.